The number of alkyl halides is 2. The number of nitrogens with one attached hydrogen (secondary N) is 1. The van der Waals surface area contributed by atoms with Gasteiger partial charge in [-0.15, -0.1) is 0 Å². The summed E-state index contributed by atoms with van der Waals surface area (Å²) in [7, 11) is 0. The number of nitrogens with zero attached hydrogens (tertiary/aromatic N) is 1. The Bertz CT molecular complexity index is 700. The molecular formula is C12H8F2N2O4. The Labute approximate surface area is 110 Å². The van der Waals surface area contributed by atoms with Crippen molar-refractivity contribution in [1.82, 2.24) is 9.97 Å². The van der Waals surface area contributed by atoms with Crippen LogP contribution in [-0.4, -0.2) is 27.7 Å². The van der Waals surface area contributed by atoms with Crippen LogP contribution in [-0.2, 0) is 0 Å². The first-order valence-corrected chi connectivity index (χ1v) is 5.36. The van der Waals surface area contributed by atoms with Gasteiger partial charge in [-0.2, -0.15) is 13.8 Å². The second-order valence-electron chi connectivity index (χ2n) is 3.67. The maximum atomic E-state index is 12.3. The Morgan fingerprint density at radius 1 is 1.35 bits per heavy atom. The van der Waals surface area contributed by atoms with Gasteiger partial charge >= 0.3 is 18.3 Å². The average molecular weight is 282 g/mol. The number of benzene rings is 1. The Hall–Kier alpha value is -2.77. The standard InChI is InChI=1S/C12H8F2N2O4/c13-11(14)20-9-4-2-1-3-6(9)7-5-8(10(17)18)16-12(19)15-7/h1-5,11H,(H,17,18)(H,15,16,19). The number of rotatable bonds is 4. The molecule has 0 fully saturated rings. The molecule has 0 aliphatic carbocycles. The SMILES string of the molecule is O=C(O)c1cc(-c2ccccc2OC(F)F)nc(=O)[nH]1. The van der Waals surface area contributed by atoms with E-state index in [4.69, 9.17) is 5.11 Å². The van der Waals surface area contributed by atoms with Crippen molar-refractivity contribution < 1.29 is 23.4 Å². The summed E-state index contributed by atoms with van der Waals surface area (Å²) in [5, 5.41) is 8.85. The molecule has 20 heavy (non-hydrogen) atoms. The molecule has 0 atom stereocenters. The number of ether oxygens (including phenoxy) is 1. The number of H-pyrrole nitrogens is 1. The molecule has 0 unspecified atom stereocenters. The van der Waals surface area contributed by atoms with Crippen LogP contribution in [0.2, 0.25) is 0 Å². The number of para-hydroxylation sites is 1. The van der Waals surface area contributed by atoms with Crippen molar-refractivity contribution in [3.05, 3.63) is 46.5 Å². The van der Waals surface area contributed by atoms with Crippen LogP contribution in [0.15, 0.2) is 35.1 Å². The van der Waals surface area contributed by atoms with Crippen LogP contribution < -0.4 is 10.4 Å². The molecule has 2 N–H and O–H groups in total. The zero-order valence-corrected chi connectivity index (χ0v) is 9.84. The number of aromatic carboxylic acids is 1. The average Bonchev–Trinajstić information content (AvgIpc) is 2.37. The number of halogens is 2. The van der Waals surface area contributed by atoms with Gasteiger partial charge in [-0.3, -0.25) is 4.98 Å². The molecule has 0 saturated heterocycles. The van der Waals surface area contributed by atoms with E-state index in [-0.39, 0.29) is 17.0 Å². The number of carbonyl (C=O) groups is 1. The van der Waals surface area contributed by atoms with Crippen LogP contribution in [0.25, 0.3) is 11.3 Å². The Balaban J connectivity index is 2.56. The molecule has 2 aromatic rings. The fourth-order valence-electron chi connectivity index (χ4n) is 1.59. The largest absolute Gasteiger partial charge is 0.477 e. The lowest BCUT2D eigenvalue weighted by Gasteiger charge is -2.09. The molecular weight excluding hydrogens is 274 g/mol. The van der Waals surface area contributed by atoms with Gasteiger partial charge in [-0.05, 0) is 18.2 Å². The molecule has 6 nitrogen and oxygen atoms in total. The van der Waals surface area contributed by atoms with Gasteiger partial charge in [0.15, 0.2) is 0 Å². The van der Waals surface area contributed by atoms with Gasteiger partial charge in [0.2, 0.25) is 0 Å². The van der Waals surface area contributed by atoms with Crippen molar-refractivity contribution in [2.45, 2.75) is 6.61 Å². The summed E-state index contributed by atoms with van der Waals surface area (Å²) in [4.78, 5) is 27.7. The molecule has 0 amide bonds. The molecule has 0 saturated carbocycles. The lowest BCUT2D eigenvalue weighted by molar-refractivity contribution is -0.0494. The molecule has 1 aromatic heterocycles. The van der Waals surface area contributed by atoms with Crippen LogP contribution in [0.1, 0.15) is 10.5 Å². The first-order chi connectivity index (χ1) is 9.47. The number of hydrogen-bond acceptors (Lipinski definition) is 4. The highest BCUT2D eigenvalue weighted by atomic mass is 19.3. The highest BCUT2D eigenvalue weighted by Crippen LogP contribution is 2.29. The van der Waals surface area contributed by atoms with Gasteiger partial charge in [-0.1, -0.05) is 12.1 Å². The van der Waals surface area contributed by atoms with E-state index < -0.39 is 24.0 Å². The molecule has 0 bridgehead atoms. The summed E-state index contributed by atoms with van der Waals surface area (Å²) >= 11 is 0. The highest BCUT2D eigenvalue weighted by Gasteiger charge is 2.14. The van der Waals surface area contributed by atoms with E-state index in [1.54, 1.807) is 0 Å². The summed E-state index contributed by atoms with van der Waals surface area (Å²) in [6.45, 7) is -3.04. The topological polar surface area (TPSA) is 92.3 Å². The Kier molecular flexibility index (Phi) is 3.74. The number of hydrogen-bond donors (Lipinski definition) is 2. The minimum absolute atomic E-state index is 0.0672. The summed E-state index contributed by atoms with van der Waals surface area (Å²) < 4.78 is 28.9. The zero-order chi connectivity index (χ0) is 14.7. The van der Waals surface area contributed by atoms with Crippen LogP contribution in [0.4, 0.5) is 8.78 Å². The van der Waals surface area contributed by atoms with Gasteiger partial charge in [0.05, 0.1) is 5.69 Å². The predicted octanol–water partition coefficient (Wildman–Crippen LogP) is 1.74. The number of aromatic nitrogens is 2. The molecule has 1 heterocycles. The third-order valence-corrected chi connectivity index (χ3v) is 2.35. The molecule has 0 spiro atoms. The smallest absolute Gasteiger partial charge is 0.387 e. The summed E-state index contributed by atoms with van der Waals surface area (Å²) in [5.41, 5.74) is -1.26. The van der Waals surface area contributed by atoms with E-state index in [9.17, 15) is 18.4 Å². The number of carboxylic acid groups (broad SMARTS) is 1. The Morgan fingerprint density at radius 3 is 2.70 bits per heavy atom. The molecule has 0 aliphatic heterocycles. The minimum Gasteiger partial charge on any atom is -0.477 e. The van der Waals surface area contributed by atoms with E-state index in [0.717, 1.165) is 6.07 Å². The van der Waals surface area contributed by atoms with Crippen molar-refractivity contribution in [2.24, 2.45) is 0 Å². The van der Waals surface area contributed by atoms with Crippen LogP contribution in [0.5, 0.6) is 5.75 Å². The lowest BCUT2D eigenvalue weighted by atomic mass is 10.1. The Morgan fingerprint density at radius 2 is 2.05 bits per heavy atom. The molecule has 0 radical (unpaired) electrons. The normalized spacial score (nSPS) is 10.6. The third kappa shape index (κ3) is 2.97. The van der Waals surface area contributed by atoms with Crippen molar-refractivity contribution in [1.29, 1.82) is 0 Å². The van der Waals surface area contributed by atoms with Gasteiger partial charge < -0.3 is 9.84 Å². The highest BCUT2D eigenvalue weighted by molar-refractivity contribution is 5.86. The van der Waals surface area contributed by atoms with E-state index in [1.165, 1.54) is 24.3 Å². The van der Waals surface area contributed by atoms with Crippen molar-refractivity contribution in [3.63, 3.8) is 0 Å². The molecule has 2 rings (SSSR count). The summed E-state index contributed by atoms with van der Waals surface area (Å²) in [6, 6.07) is 6.72. The van der Waals surface area contributed by atoms with Crippen LogP contribution >= 0.6 is 0 Å². The van der Waals surface area contributed by atoms with Crippen LogP contribution in [0.3, 0.4) is 0 Å². The van der Waals surface area contributed by atoms with E-state index >= 15 is 0 Å². The fraction of sp³-hybridized carbons (Fsp3) is 0.0833. The zero-order valence-electron chi connectivity index (χ0n) is 9.84. The predicted molar refractivity (Wildman–Crippen MR) is 63.9 cm³/mol. The van der Waals surface area contributed by atoms with Gasteiger partial charge in [0, 0.05) is 5.56 Å². The first kappa shape index (κ1) is 13.7. The maximum absolute atomic E-state index is 12.3. The summed E-state index contributed by atoms with van der Waals surface area (Å²) in [5.74, 6) is -1.56. The van der Waals surface area contributed by atoms with Gasteiger partial charge in [0.1, 0.15) is 11.4 Å². The quantitative estimate of drug-likeness (QED) is 0.891. The molecule has 8 heteroatoms. The van der Waals surface area contributed by atoms with Crippen molar-refractivity contribution in [3.8, 4) is 17.0 Å². The molecule has 0 aliphatic rings. The molecule has 1 aromatic carbocycles. The second kappa shape index (κ2) is 5.47. The van der Waals surface area contributed by atoms with Gasteiger partial charge in [-0.25, -0.2) is 9.59 Å². The van der Waals surface area contributed by atoms with E-state index in [0.29, 0.717) is 0 Å². The van der Waals surface area contributed by atoms with Crippen molar-refractivity contribution >= 4 is 5.97 Å². The number of aromatic amines is 1. The number of carboxylic acids is 1. The second-order valence-corrected chi connectivity index (χ2v) is 3.67. The maximum Gasteiger partial charge on any atom is 0.387 e. The third-order valence-electron chi connectivity index (χ3n) is 2.35. The first-order valence-electron chi connectivity index (χ1n) is 5.36. The molecule has 104 valence electrons. The lowest BCUT2D eigenvalue weighted by Crippen LogP contribution is -2.16. The summed E-state index contributed by atoms with van der Waals surface area (Å²) in [6.07, 6.45) is 0. The van der Waals surface area contributed by atoms with E-state index in [2.05, 4.69) is 9.72 Å². The van der Waals surface area contributed by atoms with Crippen LogP contribution in [0, 0.1) is 0 Å². The monoisotopic (exact) mass is 282 g/mol. The minimum atomic E-state index is -3.04. The fourth-order valence-corrected chi connectivity index (χ4v) is 1.59. The van der Waals surface area contributed by atoms with Gasteiger partial charge in [0.25, 0.3) is 0 Å². The van der Waals surface area contributed by atoms with Crippen molar-refractivity contribution in [2.75, 3.05) is 0 Å². The van der Waals surface area contributed by atoms with E-state index in [1.807, 2.05) is 4.98 Å².